The van der Waals surface area contributed by atoms with Crippen LogP contribution < -0.4 is 10.9 Å². The van der Waals surface area contributed by atoms with Crippen LogP contribution in [0.15, 0.2) is 53.0 Å². The van der Waals surface area contributed by atoms with Crippen LogP contribution in [0.4, 0.5) is 0 Å². The number of hydrazine groups is 1. The van der Waals surface area contributed by atoms with Gasteiger partial charge >= 0.3 is 0 Å². The fourth-order valence-electron chi connectivity index (χ4n) is 1.87. The number of rotatable bonds is 4. The first-order chi connectivity index (χ1) is 10.6. The Morgan fingerprint density at radius 3 is 2.41 bits per heavy atom. The Balaban J connectivity index is 1.82. The summed E-state index contributed by atoms with van der Waals surface area (Å²) in [6.45, 7) is 0. The number of amides is 2. The molecule has 2 aromatic rings. The van der Waals surface area contributed by atoms with E-state index in [-0.39, 0.29) is 18.1 Å². The SMILES string of the molecule is O=C(CCc1ccccc1O)NNC(=O)c1ccccc1Br. The molecule has 0 saturated heterocycles. The summed E-state index contributed by atoms with van der Waals surface area (Å²) in [5.41, 5.74) is 5.84. The average Bonchev–Trinajstić information content (AvgIpc) is 2.52. The lowest BCUT2D eigenvalue weighted by molar-refractivity contribution is -0.121. The van der Waals surface area contributed by atoms with Gasteiger partial charge in [-0.05, 0) is 46.1 Å². The molecule has 0 spiro atoms. The van der Waals surface area contributed by atoms with Gasteiger partial charge in [0, 0.05) is 10.9 Å². The minimum Gasteiger partial charge on any atom is -0.508 e. The van der Waals surface area contributed by atoms with Crippen LogP contribution in [-0.4, -0.2) is 16.9 Å². The fourth-order valence-corrected chi connectivity index (χ4v) is 2.34. The highest BCUT2D eigenvalue weighted by Gasteiger charge is 2.10. The number of carbonyl (C=O) groups excluding carboxylic acids is 2. The van der Waals surface area contributed by atoms with Crippen LogP contribution in [0.2, 0.25) is 0 Å². The van der Waals surface area contributed by atoms with Crippen molar-refractivity contribution >= 4 is 27.7 Å². The molecule has 2 aromatic carbocycles. The normalized spacial score (nSPS) is 10.0. The molecule has 114 valence electrons. The van der Waals surface area contributed by atoms with Crippen molar-refractivity contribution in [1.82, 2.24) is 10.9 Å². The number of nitrogens with one attached hydrogen (secondary N) is 2. The van der Waals surface area contributed by atoms with Crippen molar-refractivity contribution in [3.05, 3.63) is 64.1 Å². The molecule has 6 heteroatoms. The third-order valence-electron chi connectivity index (χ3n) is 3.05. The number of hydrogen-bond donors (Lipinski definition) is 3. The van der Waals surface area contributed by atoms with E-state index in [2.05, 4.69) is 26.8 Å². The van der Waals surface area contributed by atoms with E-state index in [1.807, 2.05) is 0 Å². The Labute approximate surface area is 136 Å². The third-order valence-corrected chi connectivity index (χ3v) is 3.74. The van der Waals surface area contributed by atoms with Crippen molar-refractivity contribution in [2.45, 2.75) is 12.8 Å². The Morgan fingerprint density at radius 1 is 1.00 bits per heavy atom. The lowest BCUT2D eigenvalue weighted by atomic mass is 10.1. The summed E-state index contributed by atoms with van der Waals surface area (Å²) < 4.78 is 0.649. The molecular formula is C16H15BrN2O3. The number of halogens is 1. The summed E-state index contributed by atoms with van der Waals surface area (Å²) in [7, 11) is 0. The zero-order valence-corrected chi connectivity index (χ0v) is 13.3. The summed E-state index contributed by atoms with van der Waals surface area (Å²) >= 11 is 3.27. The van der Waals surface area contributed by atoms with E-state index < -0.39 is 5.91 Å². The molecule has 0 aliphatic carbocycles. The zero-order valence-electron chi connectivity index (χ0n) is 11.7. The molecular weight excluding hydrogens is 348 g/mol. The number of para-hydroxylation sites is 1. The Morgan fingerprint density at radius 2 is 1.68 bits per heavy atom. The largest absolute Gasteiger partial charge is 0.508 e. The van der Waals surface area contributed by atoms with Crippen molar-refractivity contribution in [2.75, 3.05) is 0 Å². The van der Waals surface area contributed by atoms with Gasteiger partial charge in [-0.2, -0.15) is 0 Å². The van der Waals surface area contributed by atoms with Gasteiger partial charge in [0.15, 0.2) is 0 Å². The van der Waals surface area contributed by atoms with Gasteiger partial charge in [0.25, 0.3) is 5.91 Å². The number of phenolic OH excluding ortho intramolecular Hbond substituents is 1. The average molecular weight is 363 g/mol. The van der Waals surface area contributed by atoms with Gasteiger partial charge in [-0.3, -0.25) is 20.4 Å². The van der Waals surface area contributed by atoms with Crippen LogP contribution in [0.1, 0.15) is 22.3 Å². The molecule has 0 aromatic heterocycles. The smallest absolute Gasteiger partial charge is 0.270 e. The van der Waals surface area contributed by atoms with E-state index in [1.54, 1.807) is 48.5 Å². The van der Waals surface area contributed by atoms with Gasteiger partial charge in [-0.1, -0.05) is 30.3 Å². The molecule has 3 N–H and O–H groups in total. The number of phenols is 1. The molecule has 0 fully saturated rings. The van der Waals surface area contributed by atoms with E-state index in [9.17, 15) is 14.7 Å². The molecule has 0 bridgehead atoms. The molecule has 0 saturated carbocycles. The number of aryl methyl sites for hydroxylation is 1. The lowest BCUT2D eigenvalue weighted by Gasteiger charge is -2.09. The second-order valence-corrected chi connectivity index (χ2v) is 5.47. The van der Waals surface area contributed by atoms with Gasteiger partial charge < -0.3 is 5.11 Å². The maximum atomic E-state index is 11.9. The second kappa shape index (κ2) is 7.61. The first kappa shape index (κ1) is 16.0. The molecule has 2 amide bonds. The highest BCUT2D eigenvalue weighted by atomic mass is 79.9. The quantitative estimate of drug-likeness (QED) is 0.731. The van der Waals surface area contributed by atoms with E-state index in [1.165, 1.54) is 0 Å². The number of carbonyl (C=O) groups is 2. The van der Waals surface area contributed by atoms with Crippen molar-refractivity contribution in [2.24, 2.45) is 0 Å². The predicted octanol–water partition coefficient (Wildman–Crippen LogP) is 2.55. The maximum absolute atomic E-state index is 11.9. The molecule has 2 rings (SSSR count). The van der Waals surface area contributed by atoms with Crippen LogP contribution in [0, 0.1) is 0 Å². The van der Waals surface area contributed by atoms with Crippen LogP contribution >= 0.6 is 15.9 Å². The van der Waals surface area contributed by atoms with Crippen molar-refractivity contribution in [3.63, 3.8) is 0 Å². The van der Waals surface area contributed by atoms with Gasteiger partial charge in [-0.25, -0.2) is 0 Å². The van der Waals surface area contributed by atoms with E-state index in [0.717, 1.165) is 0 Å². The van der Waals surface area contributed by atoms with Crippen LogP contribution in [0.5, 0.6) is 5.75 Å². The number of benzene rings is 2. The molecule has 0 heterocycles. The molecule has 0 radical (unpaired) electrons. The van der Waals surface area contributed by atoms with E-state index in [4.69, 9.17) is 0 Å². The van der Waals surface area contributed by atoms with E-state index >= 15 is 0 Å². The van der Waals surface area contributed by atoms with Gasteiger partial charge in [0.05, 0.1) is 5.56 Å². The standard InChI is InChI=1S/C16H15BrN2O3/c17-13-7-3-2-6-12(13)16(22)19-18-15(21)10-9-11-5-1-4-8-14(11)20/h1-8,20H,9-10H2,(H,18,21)(H,19,22). The first-order valence-corrected chi connectivity index (χ1v) is 7.48. The van der Waals surface area contributed by atoms with Gasteiger partial charge in [0.1, 0.15) is 5.75 Å². The van der Waals surface area contributed by atoms with Crippen LogP contribution in [0.3, 0.4) is 0 Å². The van der Waals surface area contributed by atoms with Crippen LogP contribution in [0.25, 0.3) is 0 Å². The minimum absolute atomic E-state index is 0.160. The van der Waals surface area contributed by atoms with Crippen molar-refractivity contribution in [3.8, 4) is 5.75 Å². The third kappa shape index (κ3) is 4.33. The zero-order chi connectivity index (χ0) is 15.9. The highest BCUT2D eigenvalue weighted by molar-refractivity contribution is 9.10. The topological polar surface area (TPSA) is 78.4 Å². The Bertz CT molecular complexity index is 689. The van der Waals surface area contributed by atoms with E-state index in [0.29, 0.717) is 22.0 Å². The number of aromatic hydroxyl groups is 1. The molecule has 0 unspecified atom stereocenters. The predicted molar refractivity (Wildman–Crippen MR) is 86.2 cm³/mol. The Kier molecular flexibility index (Phi) is 5.55. The molecule has 5 nitrogen and oxygen atoms in total. The minimum atomic E-state index is -0.400. The monoisotopic (exact) mass is 362 g/mol. The van der Waals surface area contributed by atoms with Gasteiger partial charge in [-0.15, -0.1) is 0 Å². The molecule has 0 aliphatic heterocycles. The summed E-state index contributed by atoms with van der Waals surface area (Å²) in [6, 6.07) is 13.8. The fraction of sp³-hybridized carbons (Fsp3) is 0.125. The maximum Gasteiger partial charge on any atom is 0.270 e. The summed E-state index contributed by atoms with van der Waals surface area (Å²) in [6.07, 6.45) is 0.553. The van der Waals surface area contributed by atoms with Crippen molar-refractivity contribution in [1.29, 1.82) is 0 Å². The lowest BCUT2D eigenvalue weighted by Crippen LogP contribution is -2.41. The summed E-state index contributed by atoms with van der Waals surface area (Å²) in [5, 5.41) is 9.61. The summed E-state index contributed by atoms with van der Waals surface area (Å²) in [5.74, 6) is -0.570. The second-order valence-electron chi connectivity index (χ2n) is 4.61. The van der Waals surface area contributed by atoms with Gasteiger partial charge in [0.2, 0.25) is 5.91 Å². The van der Waals surface area contributed by atoms with Crippen molar-refractivity contribution < 1.29 is 14.7 Å². The molecule has 0 atom stereocenters. The summed E-state index contributed by atoms with van der Waals surface area (Å²) in [4.78, 5) is 23.6. The molecule has 22 heavy (non-hydrogen) atoms. The number of hydrogen-bond acceptors (Lipinski definition) is 3. The first-order valence-electron chi connectivity index (χ1n) is 6.68. The molecule has 0 aliphatic rings. The Hall–Kier alpha value is -2.34. The highest BCUT2D eigenvalue weighted by Crippen LogP contribution is 2.17. The van der Waals surface area contributed by atoms with Crippen LogP contribution in [-0.2, 0) is 11.2 Å².